The fourth-order valence-corrected chi connectivity index (χ4v) is 2.54. The van der Waals surface area contributed by atoms with Gasteiger partial charge in [-0.3, -0.25) is 4.79 Å². The van der Waals surface area contributed by atoms with Crippen molar-refractivity contribution in [3.63, 3.8) is 0 Å². The van der Waals surface area contributed by atoms with Crippen LogP contribution in [0.3, 0.4) is 0 Å². The maximum absolute atomic E-state index is 11.9. The number of phenols is 1. The Bertz CT molecular complexity index is 1100. The fraction of sp³-hybridized carbons (Fsp3) is 0.150. The summed E-state index contributed by atoms with van der Waals surface area (Å²) in [6.45, 7) is 1.54. The van der Waals surface area contributed by atoms with Crippen LogP contribution in [0.5, 0.6) is 17.2 Å². The molecule has 144 valence electrons. The molecule has 0 atom stereocenters. The number of nitrogens with zero attached hydrogens (tertiary/aromatic N) is 1. The van der Waals surface area contributed by atoms with E-state index in [1.807, 2.05) is 6.92 Å². The number of fused-ring (bicyclic) bond motifs is 1. The normalized spacial score (nSPS) is 10.9. The number of phenolic OH excluding ortho intramolecular Hbond substituents is 1. The Morgan fingerprint density at radius 3 is 2.82 bits per heavy atom. The second kappa shape index (κ2) is 8.26. The Morgan fingerprint density at radius 1 is 1.25 bits per heavy atom. The quantitative estimate of drug-likeness (QED) is 0.385. The van der Waals surface area contributed by atoms with Gasteiger partial charge in [0.2, 0.25) is 0 Å². The first-order valence-electron chi connectivity index (χ1n) is 8.32. The molecule has 0 bridgehead atoms. The van der Waals surface area contributed by atoms with E-state index in [-0.39, 0.29) is 12.4 Å². The van der Waals surface area contributed by atoms with Crippen molar-refractivity contribution in [1.82, 2.24) is 5.43 Å². The summed E-state index contributed by atoms with van der Waals surface area (Å²) in [5.41, 5.74) is 3.65. The lowest BCUT2D eigenvalue weighted by Gasteiger charge is -2.07. The van der Waals surface area contributed by atoms with Crippen molar-refractivity contribution in [3.8, 4) is 17.2 Å². The monoisotopic (exact) mass is 382 g/mol. The third-order valence-electron chi connectivity index (χ3n) is 3.90. The van der Waals surface area contributed by atoms with Gasteiger partial charge in [-0.05, 0) is 48.4 Å². The number of nitrogens with one attached hydrogen (secondary N) is 1. The Labute approximate surface area is 160 Å². The lowest BCUT2D eigenvalue weighted by Crippen LogP contribution is -2.24. The molecule has 0 saturated heterocycles. The first kappa shape index (κ1) is 19.0. The molecule has 0 spiro atoms. The number of carbonyl (C=O) groups excluding carboxylic acids is 1. The van der Waals surface area contributed by atoms with Gasteiger partial charge >= 0.3 is 5.63 Å². The smallest absolute Gasteiger partial charge is 0.336 e. The van der Waals surface area contributed by atoms with E-state index in [1.165, 1.54) is 25.5 Å². The molecule has 2 aromatic carbocycles. The molecule has 3 rings (SSSR count). The van der Waals surface area contributed by atoms with Gasteiger partial charge in [0.25, 0.3) is 5.91 Å². The number of benzene rings is 2. The molecule has 28 heavy (non-hydrogen) atoms. The molecule has 0 saturated carbocycles. The van der Waals surface area contributed by atoms with Crippen LogP contribution in [0.25, 0.3) is 11.0 Å². The molecule has 1 aromatic heterocycles. The maximum atomic E-state index is 11.9. The summed E-state index contributed by atoms with van der Waals surface area (Å²) in [4.78, 5) is 23.3. The summed E-state index contributed by atoms with van der Waals surface area (Å²) in [6, 6.07) is 11.1. The minimum absolute atomic E-state index is 0.0284. The van der Waals surface area contributed by atoms with Gasteiger partial charge in [-0.2, -0.15) is 5.10 Å². The zero-order chi connectivity index (χ0) is 20.1. The number of hydrogen-bond acceptors (Lipinski definition) is 7. The van der Waals surface area contributed by atoms with E-state index in [1.54, 1.807) is 30.3 Å². The molecule has 1 heterocycles. The molecule has 2 N–H and O–H groups in total. The van der Waals surface area contributed by atoms with Crippen molar-refractivity contribution in [3.05, 3.63) is 64.0 Å². The number of rotatable bonds is 6. The number of carbonyl (C=O) groups is 1. The van der Waals surface area contributed by atoms with Crippen LogP contribution in [0.15, 0.2) is 56.8 Å². The van der Waals surface area contributed by atoms with Gasteiger partial charge in [-0.25, -0.2) is 10.2 Å². The third-order valence-corrected chi connectivity index (χ3v) is 3.90. The second-order valence-corrected chi connectivity index (χ2v) is 5.92. The van der Waals surface area contributed by atoms with Crippen LogP contribution in [0.2, 0.25) is 0 Å². The first-order chi connectivity index (χ1) is 13.5. The first-order valence-corrected chi connectivity index (χ1v) is 8.32. The van der Waals surface area contributed by atoms with Crippen LogP contribution in [0.4, 0.5) is 0 Å². The number of methoxy groups -OCH3 is 1. The highest BCUT2D eigenvalue weighted by Gasteiger charge is 2.06. The second-order valence-electron chi connectivity index (χ2n) is 5.92. The van der Waals surface area contributed by atoms with E-state index in [4.69, 9.17) is 13.9 Å². The van der Waals surface area contributed by atoms with Gasteiger partial charge in [0.05, 0.1) is 13.3 Å². The summed E-state index contributed by atoms with van der Waals surface area (Å²) < 4.78 is 15.5. The zero-order valence-electron chi connectivity index (χ0n) is 15.3. The number of hydrazone groups is 1. The summed E-state index contributed by atoms with van der Waals surface area (Å²) in [6.07, 6.45) is 1.38. The van der Waals surface area contributed by atoms with E-state index < -0.39 is 11.5 Å². The minimum atomic E-state index is -0.472. The van der Waals surface area contributed by atoms with Gasteiger partial charge in [-0.1, -0.05) is 0 Å². The average Bonchev–Trinajstić information content (AvgIpc) is 2.66. The molecule has 0 aliphatic carbocycles. The number of aromatic hydroxyl groups is 1. The maximum Gasteiger partial charge on any atom is 0.336 e. The Morgan fingerprint density at radius 2 is 2.07 bits per heavy atom. The molecule has 0 aliphatic heterocycles. The van der Waals surface area contributed by atoms with Crippen molar-refractivity contribution in [2.24, 2.45) is 5.10 Å². The SMILES string of the molecule is COc1ccc(/C=N\NC(=O)COc2ccc3c(C)cc(=O)oc3c2)cc1O. The van der Waals surface area contributed by atoms with Crippen molar-refractivity contribution < 1.29 is 23.8 Å². The molecule has 0 unspecified atom stereocenters. The van der Waals surface area contributed by atoms with Gasteiger partial charge in [-0.15, -0.1) is 0 Å². The molecule has 0 fully saturated rings. The lowest BCUT2D eigenvalue weighted by atomic mass is 10.1. The molecule has 3 aromatic rings. The largest absolute Gasteiger partial charge is 0.504 e. The average molecular weight is 382 g/mol. The zero-order valence-corrected chi connectivity index (χ0v) is 15.3. The van der Waals surface area contributed by atoms with Crippen LogP contribution >= 0.6 is 0 Å². The summed E-state index contributed by atoms with van der Waals surface area (Å²) in [5, 5.41) is 14.3. The standard InChI is InChI=1S/C20H18N2O6/c1-12-7-20(25)28-18-9-14(4-5-15(12)18)27-11-19(24)22-21-10-13-3-6-17(26-2)16(23)8-13/h3-10,23H,11H2,1-2H3,(H,22,24)/b21-10-. The van der Waals surface area contributed by atoms with Crippen molar-refractivity contribution in [2.45, 2.75) is 6.92 Å². The van der Waals surface area contributed by atoms with Crippen LogP contribution in [-0.4, -0.2) is 30.9 Å². The van der Waals surface area contributed by atoms with Gasteiger partial charge in [0.15, 0.2) is 18.1 Å². The molecular weight excluding hydrogens is 364 g/mol. The predicted octanol–water partition coefficient (Wildman–Crippen LogP) is 2.34. The van der Waals surface area contributed by atoms with Gasteiger partial charge in [0, 0.05) is 17.5 Å². The van der Waals surface area contributed by atoms with Crippen molar-refractivity contribution in [2.75, 3.05) is 13.7 Å². The van der Waals surface area contributed by atoms with Gasteiger partial charge < -0.3 is 19.0 Å². The number of aryl methyl sites for hydroxylation is 1. The highest BCUT2D eigenvalue weighted by Crippen LogP contribution is 2.25. The molecule has 0 radical (unpaired) electrons. The molecule has 8 heteroatoms. The number of amides is 1. The summed E-state index contributed by atoms with van der Waals surface area (Å²) in [7, 11) is 1.45. The van der Waals surface area contributed by atoms with Gasteiger partial charge in [0.1, 0.15) is 11.3 Å². The number of hydrogen-bond donors (Lipinski definition) is 2. The van der Waals surface area contributed by atoms with E-state index in [0.717, 1.165) is 10.9 Å². The Kier molecular flexibility index (Phi) is 5.59. The van der Waals surface area contributed by atoms with Crippen LogP contribution < -0.4 is 20.5 Å². The molecule has 0 aliphatic rings. The molecular formula is C20H18N2O6. The minimum Gasteiger partial charge on any atom is -0.504 e. The summed E-state index contributed by atoms with van der Waals surface area (Å²) >= 11 is 0. The van der Waals surface area contributed by atoms with Crippen LogP contribution in [0.1, 0.15) is 11.1 Å². The van der Waals surface area contributed by atoms with Crippen molar-refractivity contribution >= 4 is 23.1 Å². The highest BCUT2D eigenvalue weighted by molar-refractivity contribution is 5.84. The van der Waals surface area contributed by atoms with E-state index in [2.05, 4.69) is 10.5 Å². The Balaban J connectivity index is 1.57. The van der Waals surface area contributed by atoms with E-state index in [0.29, 0.717) is 22.6 Å². The topological polar surface area (TPSA) is 110 Å². The third kappa shape index (κ3) is 4.47. The fourth-order valence-electron chi connectivity index (χ4n) is 2.54. The van der Waals surface area contributed by atoms with E-state index >= 15 is 0 Å². The van der Waals surface area contributed by atoms with Crippen LogP contribution in [0, 0.1) is 6.92 Å². The predicted molar refractivity (Wildman–Crippen MR) is 103 cm³/mol. The number of ether oxygens (including phenoxy) is 2. The lowest BCUT2D eigenvalue weighted by molar-refractivity contribution is -0.123. The highest BCUT2D eigenvalue weighted by atomic mass is 16.5. The Hall–Kier alpha value is -3.81. The van der Waals surface area contributed by atoms with Crippen molar-refractivity contribution in [1.29, 1.82) is 0 Å². The summed E-state index contributed by atoms with van der Waals surface area (Å²) in [5.74, 6) is 0.232. The molecule has 8 nitrogen and oxygen atoms in total. The van der Waals surface area contributed by atoms with E-state index in [9.17, 15) is 14.7 Å². The molecule has 1 amide bonds. The van der Waals surface area contributed by atoms with Crippen LogP contribution in [-0.2, 0) is 4.79 Å².